The number of nitrogens with two attached hydrogens (primary N) is 1. The number of rotatable bonds is 2. The summed E-state index contributed by atoms with van der Waals surface area (Å²) in [4.78, 5) is 7.49. The molecule has 2 unspecified atom stereocenters. The van der Waals surface area contributed by atoms with E-state index in [0.717, 1.165) is 37.6 Å². The van der Waals surface area contributed by atoms with Gasteiger partial charge in [0.15, 0.2) is 0 Å². The molecule has 20 heavy (non-hydrogen) atoms. The first-order valence-electron chi connectivity index (χ1n) is 6.89. The lowest BCUT2D eigenvalue weighted by Crippen LogP contribution is -2.27. The molecule has 1 heterocycles. The van der Waals surface area contributed by atoms with Crippen LogP contribution >= 0.6 is 0 Å². The van der Waals surface area contributed by atoms with Crippen molar-refractivity contribution in [1.29, 1.82) is 0 Å². The molecule has 1 saturated carbocycles. The first-order chi connectivity index (χ1) is 9.63. The van der Waals surface area contributed by atoms with Gasteiger partial charge in [-0.05, 0) is 31.4 Å². The van der Waals surface area contributed by atoms with E-state index in [4.69, 9.17) is 5.73 Å². The molecule has 2 atom stereocenters. The number of hydrogen-bond acceptors (Lipinski definition) is 2. The summed E-state index contributed by atoms with van der Waals surface area (Å²) < 4.78 is 26.7. The second-order valence-electron chi connectivity index (χ2n) is 5.43. The summed E-state index contributed by atoms with van der Waals surface area (Å²) in [7, 11) is 0. The molecule has 3 nitrogen and oxygen atoms in total. The van der Waals surface area contributed by atoms with Gasteiger partial charge in [0.25, 0.3) is 0 Å². The SMILES string of the molecule is NC1CCCC(c2ncc(-c3ccc(F)cc3F)[nH]2)C1. The van der Waals surface area contributed by atoms with Gasteiger partial charge >= 0.3 is 0 Å². The maximum absolute atomic E-state index is 13.7. The van der Waals surface area contributed by atoms with E-state index in [2.05, 4.69) is 9.97 Å². The summed E-state index contributed by atoms with van der Waals surface area (Å²) >= 11 is 0. The van der Waals surface area contributed by atoms with Crippen molar-refractivity contribution in [2.24, 2.45) is 5.73 Å². The molecule has 1 fully saturated rings. The molecule has 3 rings (SSSR count). The molecule has 3 N–H and O–H groups in total. The minimum absolute atomic E-state index is 0.213. The third-order valence-corrected chi connectivity index (χ3v) is 3.92. The molecule has 1 aromatic carbocycles. The van der Waals surface area contributed by atoms with E-state index in [1.165, 1.54) is 12.1 Å². The number of nitrogens with zero attached hydrogens (tertiary/aromatic N) is 1. The number of aromatic amines is 1. The second kappa shape index (κ2) is 5.32. The Bertz CT molecular complexity index is 609. The molecule has 0 radical (unpaired) electrons. The van der Waals surface area contributed by atoms with Crippen LogP contribution in [0.25, 0.3) is 11.3 Å². The Morgan fingerprint density at radius 2 is 2.10 bits per heavy atom. The highest BCUT2D eigenvalue weighted by molar-refractivity contribution is 5.59. The van der Waals surface area contributed by atoms with Gasteiger partial charge in [0, 0.05) is 23.6 Å². The smallest absolute Gasteiger partial charge is 0.135 e. The Morgan fingerprint density at radius 3 is 2.85 bits per heavy atom. The van der Waals surface area contributed by atoms with E-state index in [1.54, 1.807) is 6.20 Å². The van der Waals surface area contributed by atoms with Gasteiger partial charge in [-0.15, -0.1) is 0 Å². The van der Waals surface area contributed by atoms with Crippen molar-refractivity contribution < 1.29 is 8.78 Å². The standard InChI is InChI=1S/C15H17F2N3/c16-10-4-5-12(13(17)7-10)14-8-19-15(20-14)9-2-1-3-11(18)6-9/h4-5,7-9,11H,1-3,6,18H2,(H,19,20). The first kappa shape index (κ1) is 13.2. The van der Waals surface area contributed by atoms with Gasteiger partial charge in [0.2, 0.25) is 0 Å². The predicted molar refractivity (Wildman–Crippen MR) is 73.1 cm³/mol. The molecular weight excluding hydrogens is 260 g/mol. The predicted octanol–water partition coefficient (Wildman–Crippen LogP) is 3.34. The van der Waals surface area contributed by atoms with Crippen LogP contribution in [0.4, 0.5) is 8.78 Å². The quantitative estimate of drug-likeness (QED) is 0.884. The van der Waals surface area contributed by atoms with Crippen LogP contribution < -0.4 is 5.73 Å². The van der Waals surface area contributed by atoms with Crippen LogP contribution in [-0.4, -0.2) is 16.0 Å². The molecule has 0 aliphatic heterocycles. The van der Waals surface area contributed by atoms with Crippen LogP contribution in [0.3, 0.4) is 0 Å². The van der Waals surface area contributed by atoms with Gasteiger partial charge in [-0.1, -0.05) is 6.42 Å². The van der Waals surface area contributed by atoms with Crippen molar-refractivity contribution in [2.45, 2.75) is 37.6 Å². The number of H-pyrrole nitrogens is 1. The van der Waals surface area contributed by atoms with E-state index in [9.17, 15) is 8.78 Å². The average molecular weight is 277 g/mol. The van der Waals surface area contributed by atoms with E-state index >= 15 is 0 Å². The number of imidazole rings is 1. The Kier molecular flexibility index (Phi) is 3.53. The largest absolute Gasteiger partial charge is 0.342 e. The van der Waals surface area contributed by atoms with E-state index in [0.29, 0.717) is 17.2 Å². The molecule has 106 valence electrons. The van der Waals surface area contributed by atoms with Crippen molar-refractivity contribution in [1.82, 2.24) is 9.97 Å². The third kappa shape index (κ3) is 2.58. The summed E-state index contributed by atoms with van der Waals surface area (Å²) in [6, 6.07) is 3.76. The Balaban J connectivity index is 1.86. The number of nitrogens with one attached hydrogen (secondary N) is 1. The Labute approximate surface area is 116 Å². The Morgan fingerprint density at radius 1 is 1.25 bits per heavy atom. The molecule has 0 spiro atoms. The molecule has 5 heteroatoms. The molecule has 1 aromatic heterocycles. The summed E-state index contributed by atoms with van der Waals surface area (Å²) in [6.45, 7) is 0. The van der Waals surface area contributed by atoms with Crippen molar-refractivity contribution in [2.75, 3.05) is 0 Å². The van der Waals surface area contributed by atoms with Crippen LogP contribution in [0.1, 0.15) is 37.4 Å². The molecular formula is C15H17F2N3. The van der Waals surface area contributed by atoms with Gasteiger partial charge in [-0.3, -0.25) is 0 Å². The van der Waals surface area contributed by atoms with E-state index < -0.39 is 11.6 Å². The van der Waals surface area contributed by atoms with Crippen LogP contribution in [0.15, 0.2) is 24.4 Å². The van der Waals surface area contributed by atoms with Crippen LogP contribution in [0.5, 0.6) is 0 Å². The molecule has 0 amide bonds. The highest BCUT2D eigenvalue weighted by atomic mass is 19.1. The van der Waals surface area contributed by atoms with Crippen molar-refractivity contribution >= 4 is 0 Å². The van der Waals surface area contributed by atoms with Gasteiger partial charge in [0.1, 0.15) is 17.5 Å². The van der Waals surface area contributed by atoms with Crippen molar-refractivity contribution in [3.63, 3.8) is 0 Å². The van der Waals surface area contributed by atoms with Crippen LogP contribution in [0, 0.1) is 11.6 Å². The lowest BCUT2D eigenvalue weighted by Gasteiger charge is -2.24. The zero-order chi connectivity index (χ0) is 14.1. The lowest BCUT2D eigenvalue weighted by molar-refractivity contribution is 0.383. The summed E-state index contributed by atoms with van der Waals surface area (Å²) in [5.74, 6) is -0.0142. The summed E-state index contributed by atoms with van der Waals surface area (Å²) in [5, 5.41) is 0. The number of halogens is 2. The van der Waals surface area contributed by atoms with Crippen molar-refractivity contribution in [3.05, 3.63) is 41.9 Å². The Hall–Kier alpha value is -1.75. The van der Waals surface area contributed by atoms with E-state index in [1.807, 2.05) is 0 Å². The highest BCUT2D eigenvalue weighted by Crippen LogP contribution is 2.32. The fraction of sp³-hybridized carbons (Fsp3) is 0.400. The summed E-state index contributed by atoms with van der Waals surface area (Å²) in [6.07, 6.45) is 5.70. The molecule has 1 aliphatic rings. The highest BCUT2D eigenvalue weighted by Gasteiger charge is 2.23. The zero-order valence-electron chi connectivity index (χ0n) is 11.1. The third-order valence-electron chi connectivity index (χ3n) is 3.92. The normalized spacial score (nSPS) is 22.9. The topological polar surface area (TPSA) is 54.7 Å². The number of hydrogen-bond donors (Lipinski definition) is 2. The fourth-order valence-electron chi connectivity index (χ4n) is 2.86. The lowest BCUT2D eigenvalue weighted by atomic mass is 9.86. The maximum Gasteiger partial charge on any atom is 0.135 e. The van der Waals surface area contributed by atoms with E-state index in [-0.39, 0.29) is 6.04 Å². The molecule has 0 bridgehead atoms. The minimum Gasteiger partial charge on any atom is -0.342 e. The summed E-state index contributed by atoms with van der Waals surface area (Å²) in [5.41, 5.74) is 6.90. The van der Waals surface area contributed by atoms with Gasteiger partial charge in [-0.25, -0.2) is 13.8 Å². The second-order valence-corrected chi connectivity index (χ2v) is 5.43. The van der Waals surface area contributed by atoms with Crippen molar-refractivity contribution in [3.8, 4) is 11.3 Å². The van der Waals surface area contributed by atoms with Crippen LogP contribution in [-0.2, 0) is 0 Å². The number of benzene rings is 1. The zero-order valence-corrected chi connectivity index (χ0v) is 11.1. The molecule has 1 aliphatic carbocycles. The van der Waals surface area contributed by atoms with Gasteiger partial charge in [-0.2, -0.15) is 0 Å². The maximum atomic E-state index is 13.7. The molecule has 2 aromatic rings. The van der Waals surface area contributed by atoms with Gasteiger partial charge in [0.05, 0.1) is 11.9 Å². The average Bonchev–Trinajstić information content (AvgIpc) is 2.88. The van der Waals surface area contributed by atoms with Crippen LogP contribution in [0.2, 0.25) is 0 Å². The fourth-order valence-corrected chi connectivity index (χ4v) is 2.86. The first-order valence-corrected chi connectivity index (χ1v) is 6.89. The van der Waals surface area contributed by atoms with Gasteiger partial charge < -0.3 is 10.7 Å². The minimum atomic E-state index is -0.583. The monoisotopic (exact) mass is 277 g/mol. The number of aromatic nitrogens is 2. The molecule has 0 saturated heterocycles.